The Bertz CT molecular complexity index is 3070. The lowest BCUT2D eigenvalue weighted by Crippen LogP contribution is -2.47. The van der Waals surface area contributed by atoms with Crippen LogP contribution in [-0.2, 0) is 5.41 Å². The molecular formula is C56H39BN2. The van der Waals surface area contributed by atoms with E-state index in [1.807, 2.05) is 0 Å². The summed E-state index contributed by atoms with van der Waals surface area (Å²) in [6.45, 7) is 2.25. The van der Waals surface area contributed by atoms with Gasteiger partial charge >= 0.3 is 0 Å². The Labute approximate surface area is 346 Å². The van der Waals surface area contributed by atoms with Crippen LogP contribution in [0.1, 0.15) is 27.8 Å². The number of benzene rings is 9. The molecule has 0 saturated carbocycles. The molecule has 1 aliphatic carbocycles. The quantitative estimate of drug-likeness (QED) is 0.176. The predicted octanol–water partition coefficient (Wildman–Crippen LogP) is 12.6. The van der Waals surface area contributed by atoms with E-state index < -0.39 is 5.41 Å². The highest BCUT2D eigenvalue weighted by Gasteiger charge is 2.52. The van der Waals surface area contributed by atoms with E-state index in [9.17, 15) is 0 Å². The van der Waals surface area contributed by atoms with Gasteiger partial charge in [-0.05, 0) is 109 Å². The van der Waals surface area contributed by atoms with Crippen LogP contribution in [0.5, 0.6) is 0 Å². The number of anilines is 5. The maximum atomic E-state index is 3.90. The summed E-state index contributed by atoms with van der Waals surface area (Å²) in [5, 5.41) is 3.90. The van der Waals surface area contributed by atoms with Crippen LogP contribution in [0.2, 0.25) is 0 Å². The fourth-order valence-electron chi connectivity index (χ4n) is 10.5. The summed E-state index contributed by atoms with van der Waals surface area (Å²) < 4.78 is 0. The van der Waals surface area contributed by atoms with Crippen LogP contribution in [0.25, 0.3) is 44.5 Å². The van der Waals surface area contributed by atoms with Crippen molar-refractivity contribution in [3.8, 4) is 44.5 Å². The molecule has 3 aliphatic rings. The van der Waals surface area contributed by atoms with Crippen molar-refractivity contribution in [3.05, 3.63) is 234 Å². The molecular weight excluding hydrogens is 711 g/mol. The molecule has 0 aromatic heterocycles. The summed E-state index contributed by atoms with van der Waals surface area (Å²) >= 11 is 0. The lowest BCUT2D eigenvalue weighted by atomic mass is 9.54. The minimum atomic E-state index is -0.420. The molecule has 0 saturated heterocycles. The van der Waals surface area contributed by atoms with E-state index in [0.29, 0.717) is 0 Å². The molecule has 1 N–H and O–H groups in total. The molecule has 0 bridgehead atoms. The van der Waals surface area contributed by atoms with Crippen molar-refractivity contribution >= 4 is 46.6 Å². The van der Waals surface area contributed by atoms with E-state index in [1.165, 1.54) is 100 Å². The van der Waals surface area contributed by atoms with Gasteiger partial charge in [-0.2, -0.15) is 0 Å². The van der Waals surface area contributed by atoms with Gasteiger partial charge in [-0.15, -0.1) is 0 Å². The highest BCUT2D eigenvalue weighted by atomic mass is 15.2. The first-order valence-corrected chi connectivity index (χ1v) is 20.6. The lowest BCUT2D eigenvalue weighted by Gasteiger charge is -2.48. The molecule has 3 heteroatoms. The van der Waals surface area contributed by atoms with Gasteiger partial charge in [0.25, 0.3) is 0 Å². The van der Waals surface area contributed by atoms with Crippen LogP contribution in [0.4, 0.5) is 28.4 Å². The largest absolute Gasteiger partial charge is 0.355 e. The van der Waals surface area contributed by atoms with E-state index in [1.54, 1.807) is 0 Å². The summed E-state index contributed by atoms with van der Waals surface area (Å²) in [5.74, 6) is 0. The van der Waals surface area contributed by atoms with Gasteiger partial charge in [-0.25, -0.2) is 0 Å². The fraction of sp³-hybridized carbons (Fsp3) is 0.0357. The number of fused-ring (bicyclic) bond motifs is 11. The maximum Gasteiger partial charge on any atom is 0.198 e. The van der Waals surface area contributed by atoms with E-state index in [4.69, 9.17) is 0 Å². The Kier molecular flexibility index (Phi) is 7.49. The maximum absolute atomic E-state index is 3.90. The number of rotatable bonds is 5. The zero-order valence-corrected chi connectivity index (χ0v) is 32.8. The normalized spacial score (nSPS) is 13.4. The molecule has 2 aliphatic heterocycles. The van der Waals surface area contributed by atoms with Gasteiger partial charge in [0.15, 0.2) is 7.28 Å². The van der Waals surface area contributed by atoms with Crippen LogP contribution < -0.4 is 21.1 Å². The first kappa shape index (κ1) is 33.8. The molecule has 0 atom stereocenters. The Morgan fingerprint density at radius 2 is 1.00 bits per heavy atom. The van der Waals surface area contributed by atoms with E-state index in [2.05, 4.69) is 223 Å². The molecule has 1 spiro atoms. The third kappa shape index (κ3) is 5.01. The van der Waals surface area contributed by atoms with Crippen molar-refractivity contribution in [1.82, 2.24) is 0 Å². The minimum absolute atomic E-state index is 0.420. The SMILES string of the molecule is Cc1cc(-c2ccc(-c3ccccc3)cc2Nc2ccc(-c3ccccc3)cc2)c2c(c1)N1c3ccccc3C3(c4ccccc4-c4ccccc43)c3cccc(c31)B2. The Hall–Kier alpha value is -7.36. The third-order valence-corrected chi connectivity index (χ3v) is 12.9. The lowest BCUT2D eigenvalue weighted by molar-refractivity contribution is 0.753. The molecule has 0 unspecified atom stereocenters. The van der Waals surface area contributed by atoms with E-state index in [0.717, 1.165) is 18.7 Å². The molecule has 276 valence electrons. The number of para-hydroxylation sites is 2. The Morgan fingerprint density at radius 1 is 0.424 bits per heavy atom. The van der Waals surface area contributed by atoms with Gasteiger partial charge < -0.3 is 10.2 Å². The summed E-state index contributed by atoms with van der Waals surface area (Å²) in [7, 11) is 0.831. The van der Waals surface area contributed by atoms with Crippen molar-refractivity contribution in [2.45, 2.75) is 12.3 Å². The van der Waals surface area contributed by atoms with Crippen molar-refractivity contribution in [2.24, 2.45) is 0 Å². The highest BCUT2D eigenvalue weighted by molar-refractivity contribution is 6.73. The monoisotopic (exact) mass is 750 g/mol. The Morgan fingerprint density at radius 3 is 1.71 bits per heavy atom. The van der Waals surface area contributed by atoms with Gasteiger partial charge in [-0.1, -0.05) is 181 Å². The molecule has 0 amide bonds. The van der Waals surface area contributed by atoms with Crippen LogP contribution >= 0.6 is 0 Å². The first-order valence-electron chi connectivity index (χ1n) is 20.6. The molecule has 9 aromatic carbocycles. The fourth-order valence-corrected chi connectivity index (χ4v) is 10.5. The van der Waals surface area contributed by atoms with Gasteiger partial charge in [0.05, 0.1) is 11.1 Å². The van der Waals surface area contributed by atoms with Crippen LogP contribution in [0, 0.1) is 6.92 Å². The molecule has 9 aromatic rings. The summed E-state index contributed by atoms with van der Waals surface area (Å²) in [6, 6.07) is 76.2. The third-order valence-electron chi connectivity index (χ3n) is 12.9. The van der Waals surface area contributed by atoms with Crippen LogP contribution in [-0.4, -0.2) is 7.28 Å². The van der Waals surface area contributed by atoms with Crippen LogP contribution in [0.3, 0.4) is 0 Å². The van der Waals surface area contributed by atoms with Crippen molar-refractivity contribution in [2.75, 3.05) is 10.2 Å². The van der Waals surface area contributed by atoms with E-state index >= 15 is 0 Å². The van der Waals surface area contributed by atoms with Gasteiger partial charge in [0.2, 0.25) is 0 Å². The molecule has 0 radical (unpaired) electrons. The molecule has 2 nitrogen and oxygen atoms in total. The Balaban J connectivity index is 1.05. The van der Waals surface area contributed by atoms with Crippen molar-refractivity contribution in [1.29, 1.82) is 0 Å². The summed E-state index contributed by atoms with van der Waals surface area (Å²) in [4.78, 5) is 2.60. The topological polar surface area (TPSA) is 15.3 Å². The molecule has 59 heavy (non-hydrogen) atoms. The van der Waals surface area contributed by atoms with E-state index in [-0.39, 0.29) is 0 Å². The number of nitrogens with zero attached hydrogens (tertiary/aromatic N) is 1. The zero-order valence-electron chi connectivity index (χ0n) is 32.8. The first-order chi connectivity index (χ1) is 29.2. The van der Waals surface area contributed by atoms with Crippen molar-refractivity contribution < 1.29 is 0 Å². The average Bonchev–Trinajstić information content (AvgIpc) is 3.59. The standard InChI is InChI=1S/C56H39BN2/c1-36-33-45(44-32-29-40(38-17-6-3-7-18-38)35-51(44)58-41-30-27-39(28-31-41)37-15-4-2-5-16-37)54-53(34-36)59-52-26-13-12-23-48(52)56(49-24-14-25-50(57-54)55(49)59)46-21-10-8-19-42(46)43-20-9-11-22-47(43)56/h2-35,57-58H,1H3. The van der Waals surface area contributed by atoms with Crippen molar-refractivity contribution in [3.63, 3.8) is 0 Å². The minimum Gasteiger partial charge on any atom is -0.355 e. The van der Waals surface area contributed by atoms with Gasteiger partial charge in [0.1, 0.15) is 0 Å². The number of nitrogens with one attached hydrogen (secondary N) is 1. The summed E-state index contributed by atoms with van der Waals surface area (Å²) in [6.07, 6.45) is 0. The molecule has 12 rings (SSSR count). The number of hydrogen-bond acceptors (Lipinski definition) is 2. The predicted molar refractivity (Wildman–Crippen MR) is 249 cm³/mol. The number of aryl methyl sites for hydroxylation is 1. The second kappa shape index (κ2) is 13.1. The molecule has 2 heterocycles. The zero-order chi connectivity index (χ0) is 39.1. The average molecular weight is 751 g/mol. The number of hydrogen-bond donors (Lipinski definition) is 1. The summed E-state index contributed by atoms with van der Waals surface area (Å²) in [5.41, 5.74) is 24.8. The smallest absolute Gasteiger partial charge is 0.198 e. The van der Waals surface area contributed by atoms with Crippen LogP contribution in [0.15, 0.2) is 206 Å². The van der Waals surface area contributed by atoms with Gasteiger partial charge in [0, 0.05) is 28.3 Å². The molecule has 0 fully saturated rings. The highest BCUT2D eigenvalue weighted by Crippen LogP contribution is 2.63. The second-order valence-electron chi connectivity index (χ2n) is 16.2. The second-order valence-corrected chi connectivity index (χ2v) is 16.2. The van der Waals surface area contributed by atoms with Gasteiger partial charge in [-0.3, -0.25) is 0 Å².